The second-order valence-electron chi connectivity index (χ2n) is 7.39. The lowest BCUT2D eigenvalue weighted by molar-refractivity contribution is 0.0785. The van der Waals surface area contributed by atoms with Crippen LogP contribution in [-0.4, -0.2) is 40.1 Å². The molecular weight excluding hydrogens is 386 g/mol. The Balaban J connectivity index is 1.61. The van der Waals surface area contributed by atoms with E-state index in [0.29, 0.717) is 34.3 Å². The Morgan fingerprint density at radius 3 is 2.79 bits per heavy atom. The normalized spacial score (nSPS) is 16.2. The van der Waals surface area contributed by atoms with E-state index in [4.69, 9.17) is 17.0 Å². The Morgan fingerprint density at radius 1 is 1.28 bits per heavy atom. The van der Waals surface area contributed by atoms with E-state index in [1.54, 1.807) is 34.7 Å². The Kier molecular flexibility index (Phi) is 5.60. The van der Waals surface area contributed by atoms with Crippen LogP contribution >= 0.6 is 12.2 Å². The molecule has 1 amide bonds. The van der Waals surface area contributed by atoms with Crippen molar-refractivity contribution in [2.24, 2.45) is 0 Å². The van der Waals surface area contributed by atoms with Crippen molar-refractivity contribution in [1.29, 1.82) is 0 Å². The molecule has 4 rings (SSSR count). The summed E-state index contributed by atoms with van der Waals surface area (Å²) in [6.45, 7) is 1.69. The van der Waals surface area contributed by atoms with Crippen LogP contribution in [-0.2, 0) is 17.8 Å². The molecule has 1 aromatic heterocycles. The number of aromatic amines is 1. The van der Waals surface area contributed by atoms with E-state index in [-0.39, 0.29) is 17.6 Å². The zero-order valence-corrected chi connectivity index (χ0v) is 17.1. The van der Waals surface area contributed by atoms with Gasteiger partial charge in [-0.05, 0) is 48.8 Å². The molecular formula is C22H23N3O3S. The van der Waals surface area contributed by atoms with Gasteiger partial charge in [0, 0.05) is 25.8 Å². The Hall–Kier alpha value is -2.77. The third kappa shape index (κ3) is 4.16. The van der Waals surface area contributed by atoms with Gasteiger partial charge >= 0.3 is 0 Å². The lowest BCUT2D eigenvalue weighted by atomic mass is 10.1. The zero-order chi connectivity index (χ0) is 20.4. The molecule has 1 aliphatic rings. The zero-order valence-electron chi connectivity index (χ0n) is 16.3. The largest absolute Gasteiger partial charge is 0.376 e. The second-order valence-corrected chi connectivity index (χ2v) is 7.77. The lowest BCUT2D eigenvalue weighted by Crippen LogP contribution is -2.28. The van der Waals surface area contributed by atoms with Gasteiger partial charge < -0.3 is 14.6 Å². The van der Waals surface area contributed by atoms with Crippen LogP contribution in [0.5, 0.6) is 0 Å². The van der Waals surface area contributed by atoms with Crippen molar-refractivity contribution in [3.63, 3.8) is 0 Å². The summed E-state index contributed by atoms with van der Waals surface area (Å²) in [6.07, 6.45) is 1.96. The van der Waals surface area contributed by atoms with Crippen LogP contribution in [0, 0.1) is 4.77 Å². The molecule has 6 nitrogen and oxygen atoms in total. The molecule has 0 bridgehead atoms. The summed E-state index contributed by atoms with van der Waals surface area (Å²) >= 11 is 5.41. The quantitative estimate of drug-likeness (QED) is 0.655. The number of carbonyl (C=O) groups excluding carboxylic acids is 1. The fourth-order valence-corrected chi connectivity index (χ4v) is 3.96. The molecule has 0 saturated carbocycles. The number of aromatic nitrogens is 2. The van der Waals surface area contributed by atoms with E-state index in [1.165, 1.54) is 0 Å². The summed E-state index contributed by atoms with van der Waals surface area (Å²) in [5.41, 5.74) is 1.98. The summed E-state index contributed by atoms with van der Waals surface area (Å²) < 4.78 is 7.53. The first-order valence-electron chi connectivity index (χ1n) is 9.71. The summed E-state index contributed by atoms with van der Waals surface area (Å²) in [5, 5.41) is 0.513. The number of hydrogen-bond acceptors (Lipinski definition) is 4. The average Bonchev–Trinajstić information content (AvgIpc) is 3.24. The lowest BCUT2D eigenvalue weighted by Gasteiger charge is -2.18. The number of amides is 1. The fourth-order valence-electron chi connectivity index (χ4n) is 3.69. The first-order valence-corrected chi connectivity index (χ1v) is 10.1. The van der Waals surface area contributed by atoms with Gasteiger partial charge in [0.2, 0.25) is 0 Å². The predicted molar refractivity (Wildman–Crippen MR) is 115 cm³/mol. The average molecular weight is 410 g/mol. The van der Waals surface area contributed by atoms with Crippen LogP contribution in [0.15, 0.2) is 53.3 Å². The number of nitrogens with one attached hydrogen (secondary N) is 1. The minimum Gasteiger partial charge on any atom is -0.376 e. The first kappa shape index (κ1) is 19.5. The van der Waals surface area contributed by atoms with Crippen LogP contribution in [0.1, 0.15) is 28.8 Å². The number of ether oxygens (including phenoxy) is 1. The second kappa shape index (κ2) is 8.31. The maximum Gasteiger partial charge on any atom is 0.262 e. The standard InChI is InChI=1S/C22H23N3O3S/c1-24(13-15-6-3-2-4-7-15)20(26)16-9-10-18-19(12-16)23-22(29)25(21(18)27)14-17-8-5-11-28-17/h2-4,6-7,9-10,12,17H,5,8,11,13-14H2,1H3,(H,23,29)/t17-/m0/s1. The van der Waals surface area contributed by atoms with E-state index in [9.17, 15) is 9.59 Å². The molecule has 2 aromatic carbocycles. The van der Waals surface area contributed by atoms with Crippen LogP contribution in [0.25, 0.3) is 10.9 Å². The van der Waals surface area contributed by atoms with Crippen LogP contribution in [0.4, 0.5) is 0 Å². The van der Waals surface area contributed by atoms with Gasteiger partial charge in [-0.2, -0.15) is 0 Å². The van der Waals surface area contributed by atoms with E-state index in [2.05, 4.69) is 4.98 Å². The van der Waals surface area contributed by atoms with E-state index >= 15 is 0 Å². The van der Waals surface area contributed by atoms with E-state index < -0.39 is 0 Å². The SMILES string of the molecule is CN(Cc1ccccc1)C(=O)c1ccc2c(=O)n(C[C@@H]3CCCO3)c(=S)[nH]c2c1. The number of nitrogens with zero attached hydrogens (tertiary/aromatic N) is 2. The Morgan fingerprint density at radius 2 is 2.07 bits per heavy atom. The van der Waals surface area contributed by atoms with E-state index in [1.807, 2.05) is 30.3 Å². The maximum absolute atomic E-state index is 12.9. The smallest absolute Gasteiger partial charge is 0.262 e. The van der Waals surface area contributed by atoms with Gasteiger partial charge in [-0.1, -0.05) is 30.3 Å². The minimum absolute atomic E-state index is 0.0211. The highest BCUT2D eigenvalue weighted by atomic mass is 32.1. The van der Waals surface area contributed by atoms with E-state index in [0.717, 1.165) is 25.0 Å². The van der Waals surface area contributed by atoms with Gasteiger partial charge in [-0.25, -0.2) is 0 Å². The van der Waals surface area contributed by atoms with Crippen molar-refractivity contribution in [3.05, 3.63) is 74.8 Å². The van der Waals surface area contributed by atoms with Gasteiger partial charge in [-0.3, -0.25) is 14.2 Å². The van der Waals surface area contributed by atoms with Crippen molar-refractivity contribution < 1.29 is 9.53 Å². The van der Waals surface area contributed by atoms with Crippen molar-refractivity contribution in [2.45, 2.75) is 32.0 Å². The molecule has 0 aliphatic carbocycles. The molecule has 3 aromatic rings. The molecule has 1 atom stereocenters. The molecule has 0 unspecified atom stereocenters. The highest BCUT2D eigenvalue weighted by molar-refractivity contribution is 7.71. The Labute approximate surface area is 173 Å². The highest BCUT2D eigenvalue weighted by Gasteiger charge is 2.19. The molecule has 7 heteroatoms. The van der Waals surface area contributed by atoms with Crippen molar-refractivity contribution in [3.8, 4) is 0 Å². The molecule has 1 fully saturated rings. The predicted octanol–water partition coefficient (Wildman–Crippen LogP) is 3.51. The van der Waals surface area contributed by atoms with Crippen molar-refractivity contribution in [1.82, 2.24) is 14.5 Å². The molecule has 2 heterocycles. The van der Waals surface area contributed by atoms with Crippen molar-refractivity contribution >= 4 is 29.0 Å². The minimum atomic E-state index is -0.157. The number of rotatable bonds is 5. The van der Waals surface area contributed by atoms with Gasteiger partial charge in [0.1, 0.15) is 0 Å². The molecule has 0 radical (unpaired) electrons. The molecule has 1 aliphatic heterocycles. The number of carbonyl (C=O) groups is 1. The Bertz CT molecular complexity index is 1150. The van der Waals surface area contributed by atoms with Gasteiger partial charge in [-0.15, -0.1) is 0 Å². The van der Waals surface area contributed by atoms with Crippen LogP contribution < -0.4 is 5.56 Å². The third-order valence-corrected chi connectivity index (χ3v) is 5.57. The van der Waals surface area contributed by atoms with Crippen molar-refractivity contribution in [2.75, 3.05) is 13.7 Å². The summed E-state index contributed by atoms with van der Waals surface area (Å²) in [6, 6.07) is 14.9. The summed E-state index contributed by atoms with van der Waals surface area (Å²) in [7, 11) is 1.77. The number of hydrogen-bond donors (Lipinski definition) is 1. The maximum atomic E-state index is 12.9. The highest BCUT2D eigenvalue weighted by Crippen LogP contribution is 2.16. The van der Waals surface area contributed by atoms with Gasteiger partial charge in [0.05, 0.1) is 23.6 Å². The van der Waals surface area contributed by atoms with Gasteiger partial charge in [0.25, 0.3) is 11.5 Å². The monoisotopic (exact) mass is 409 g/mol. The molecule has 1 N–H and O–H groups in total. The molecule has 29 heavy (non-hydrogen) atoms. The number of fused-ring (bicyclic) bond motifs is 1. The first-order chi connectivity index (χ1) is 14.0. The molecule has 150 valence electrons. The van der Waals surface area contributed by atoms with Crippen LogP contribution in [0.3, 0.4) is 0 Å². The summed E-state index contributed by atoms with van der Waals surface area (Å²) in [5.74, 6) is -0.112. The van der Waals surface area contributed by atoms with Crippen LogP contribution in [0.2, 0.25) is 0 Å². The van der Waals surface area contributed by atoms with Gasteiger partial charge in [0.15, 0.2) is 4.77 Å². The number of H-pyrrole nitrogens is 1. The topological polar surface area (TPSA) is 67.3 Å². The number of benzene rings is 2. The molecule has 1 saturated heterocycles. The molecule has 0 spiro atoms. The summed E-state index contributed by atoms with van der Waals surface area (Å²) in [4.78, 5) is 30.5. The third-order valence-electron chi connectivity index (χ3n) is 5.25. The fraction of sp³-hybridized carbons (Fsp3) is 0.318.